The number of amides is 1. The van der Waals surface area contributed by atoms with Crippen molar-refractivity contribution in [2.24, 2.45) is 4.99 Å². The van der Waals surface area contributed by atoms with Gasteiger partial charge in [-0.15, -0.1) is 0 Å². The first-order valence-electron chi connectivity index (χ1n) is 10.3. The van der Waals surface area contributed by atoms with Crippen LogP contribution in [0.25, 0.3) is 11.3 Å². The van der Waals surface area contributed by atoms with Crippen molar-refractivity contribution in [3.05, 3.63) is 66.8 Å². The predicted octanol–water partition coefficient (Wildman–Crippen LogP) is 3.02. The molecule has 0 bridgehead atoms. The Morgan fingerprint density at radius 3 is 2.74 bits per heavy atom. The van der Waals surface area contributed by atoms with Crippen molar-refractivity contribution in [3.8, 4) is 17.1 Å². The van der Waals surface area contributed by atoms with Crippen LogP contribution in [0.2, 0.25) is 0 Å². The molecule has 2 aromatic rings. The summed E-state index contributed by atoms with van der Waals surface area (Å²) in [6.45, 7) is 8.50. The van der Waals surface area contributed by atoms with Gasteiger partial charge in [0.15, 0.2) is 0 Å². The highest BCUT2D eigenvalue weighted by molar-refractivity contribution is 6.02. The van der Waals surface area contributed by atoms with Crippen LogP contribution in [-0.2, 0) is 0 Å². The summed E-state index contributed by atoms with van der Waals surface area (Å²) in [5.41, 5.74) is 8.91. The number of hydrazine groups is 1. The fourth-order valence-corrected chi connectivity index (χ4v) is 2.71. The number of allylic oxidation sites excluding steroid dienone is 1. The van der Waals surface area contributed by atoms with Crippen LogP contribution in [0, 0.1) is 0 Å². The molecule has 0 atom stereocenters. The van der Waals surface area contributed by atoms with Gasteiger partial charge in [0, 0.05) is 17.2 Å². The number of aromatic nitrogens is 2. The quantitative estimate of drug-likeness (QED) is 0.382. The zero-order chi connectivity index (χ0) is 22.1. The molecule has 8 heteroatoms. The second kappa shape index (κ2) is 11.0. The molecule has 31 heavy (non-hydrogen) atoms. The predicted molar refractivity (Wildman–Crippen MR) is 122 cm³/mol. The van der Waals surface area contributed by atoms with Crippen LogP contribution in [0.1, 0.15) is 37.0 Å². The number of benzene rings is 1. The number of rotatable bonds is 11. The van der Waals surface area contributed by atoms with Crippen molar-refractivity contribution in [3.63, 3.8) is 0 Å². The largest absolute Gasteiger partial charge is 0.477 e. The minimum atomic E-state index is -0.187. The van der Waals surface area contributed by atoms with Crippen LogP contribution in [-0.4, -0.2) is 40.8 Å². The maximum atomic E-state index is 12.6. The molecule has 1 saturated carbocycles. The molecule has 0 saturated heterocycles. The number of nitrogens with one attached hydrogen (secondary N) is 3. The van der Waals surface area contributed by atoms with Crippen LogP contribution in [0.5, 0.6) is 5.88 Å². The minimum Gasteiger partial charge on any atom is -0.477 e. The van der Waals surface area contributed by atoms with E-state index in [2.05, 4.69) is 37.7 Å². The maximum Gasteiger partial charge on any atom is 0.251 e. The smallest absolute Gasteiger partial charge is 0.251 e. The van der Waals surface area contributed by atoms with Crippen LogP contribution < -0.4 is 20.9 Å². The Labute approximate surface area is 182 Å². The number of ether oxygens (including phenoxy) is 1. The molecule has 1 aliphatic rings. The molecule has 0 radical (unpaired) electrons. The number of carbonyl (C=O) groups is 1. The van der Waals surface area contributed by atoms with Crippen molar-refractivity contribution in [1.29, 1.82) is 0 Å². The highest BCUT2D eigenvalue weighted by atomic mass is 16.5. The summed E-state index contributed by atoms with van der Waals surface area (Å²) in [5, 5.41) is 2.89. The highest BCUT2D eigenvalue weighted by Crippen LogP contribution is 2.19. The summed E-state index contributed by atoms with van der Waals surface area (Å²) in [6.07, 6.45) is 9.27. The molecule has 0 unspecified atom stereocenters. The lowest BCUT2D eigenvalue weighted by atomic mass is 10.1. The molecular formula is C23H28N6O2. The molecule has 3 rings (SSSR count). The number of hydrogen-bond acceptors (Lipinski definition) is 7. The first-order valence-corrected chi connectivity index (χ1v) is 10.3. The maximum absolute atomic E-state index is 12.6. The Morgan fingerprint density at radius 2 is 2.06 bits per heavy atom. The lowest BCUT2D eigenvalue weighted by Gasteiger charge is -2.09. The van der Waals surface area contributed by atoms with Gasteiger partial charge in [0.05, 0.1) is 37.0 Å². The van der Waals surface area contributed by atoms with Gasteiger partial charge in [0.25, 0.3) is 5.91 Å². The van der Waals surface area contributed by atoms with Crippen LogP contribution in [0.4, 0.5) is 0 Å². The van der Waals surface area contributed by atoms with Gasteiger partial charge in [-0.2, -0.15) is 0 Å². The SMILES string of the molecule is C=C(/N=C(\C=C/C)CNC(=O)c1ccc(-c2cncc(OCC)n2)cc1)NNC1CC1. The van der Waals surface area contributed by atoms with E-state index in [0.717, 1.165) is 18.4 Å². The van der Waals surface area contributed by atoms with Crippen LogP contribution >= 0.6 is 0 Å². The Kier molecular flexibility index (Phi) is 7.89. The molecule has 0 spiro atoms. The molecule has 1 aliphatic carbocycles. The van der Waals surface area contributed by atoms with E-state index in [1.165, 1.54) is 0 Å². The lowest BCUT2D eigenvalue weighted by molar-refractivity contribution is 0.0959. The van der Waals surface area contributed by atoms with E-state index >= 15 is 0 Å². The van der Waals surface area contributed by atoms with Gasteiger partial charge in [-0.05, 0) is 44.9 Å². The third-order valence-corrected chi connectivity index (χ3v) is 4.41. The van der Waals surface area contributed by atoms with Crippen molar-refractivity contribution in [2.45, 2.75) is 32.7 Å². The summed E-state index contributed by atoms with van der Waals surface area (Å²) < 4.78 is 5.39. The Bertz CT molecular complexity index is 964. The fraction of sp³-hybridized carbons (Fsp3) is 0.304. The normalized spacial score (nSPS) is 13.8. The summed E-state index contributed by atoms with van der Waals surface area (Å²) in [5.74, 6) is 0.794. The first-order chi connectivity index (χ1) is 15.1. The molecule has 3 N–H and O–H groups in total. The van der Waals surface area contributed by atoms with Crippen molar-refractivity contribution < 1.29 is 9.53 Å². The Balaban J connectivity index is 1.58. The summed E-state index contributed by atoms with van der Waals surface area (Å²) in [4.78, 5) is 25.6. The molecule has 0 aliphatic heterocycles. The molecule has 162 valence electrons. The molecule has 1 fully saturated rings. The van der Waals surface area contributed by atoms with Crippen molar-refractivity contribution >= 4 is 11.6 Å². The zero-order valence-electron chi connectivity index (χ0n) is 17.9. The lowest BCUT2D eigenvalue weighted by Crippen LogP contribution is -2.33. The van der Waals surface area contributed by atoms with E-state index in [-0.39, 0.29) is 12.5 Å². The number of aliphatic imine (C=N–C) groups is 1. The molecule has 1 amide bonds. The number of carbonyl (C=O) groups excluding carboxylic acids is 1. The average Bonchev–Trinajstić information content (AvgIpc) is 3.61. The standard InChI is InChI=1S/C23H28N6O2/c1-4-6-20(26-16(3)28-29-19-11-12-19)13-25-23(30)18-9-7-17(8-10-18)21-14-24-15-22(27-21)31-5-2/h4,6-10,14-15,19,28-29H,3,5,11-13H2,1-2H3,(H,25,30)/b6-4-,26-20+. The van der Waals surface area contributed by atoms with Crippen LogP contribution in [0.15, 0.2) is 66.2 Å². The first kappa shape index (κ1) is 22.2. The molecular weight excluding hydrogens is 392 g/mol. The summed E-state index contributed by atoms with van der Waals surface area (Å²) in [6, 6.07) is 7.68. The van der Waals surface area contributed by atoms with E-state index in [1.54, 1.807) is 24.5 Å². The van der Waals surface area contributed by atoms with Gasteiger partial charge < -0.3 is 15.5 Å². The zero-order valence-corrected chi connectivity index (χ0v) is 17.9. The molecule has 1 aromatic carbocycles. The molecule has 1 heterocycles. The monoisotopic (exact) mass is 420 g/mol. The third kappa shape index (κ3) is 7.04. The molecule has 1 aromatic heterocycles. The minimum absolute atomic E-state index is 0.187. The van der Waals surface area contributed by atoms with Crippen molar-refractivity contribution in [2.75, 3.05) is 13.2 Å². The van der Waals surface area contributed by atoms with E-state index in [4.69, 9.17) is 4.74 Å². The second-order valence-electron chi connectivity index (χ2n) is 7.03. The van der Waals surface area contributed by atoms with E-state index in [1.807, 2.05) is 38.1 Å². The van der Waals surface area contributed by atoms with Gasteiger partial charge in [-0.1, -0.05) is 24.8 Å². The van der Waals surface area contributed by atoms with Gasteiger partial charge in [-0.3, -0.25) is 9.78 Å². The second-order valence-corrected chi connectivity index (χ2v) is 7.03. The van der Waals surface area contributed by atoms with E-state index < -0.39 is 0 Å². The Hall–Kier alpha value is -3.52. The third-order valence-electron chi connectivity index (χ3n) is 4.41. The van der Waals surface area contributed by atoms with Gasteiger partial charge in [0.1, 0.15) is 5.82 Å². The van der Waals surface area contributed by atoms with Crippen LogP contribution in [0.3, 0.4) is 0 Å². The van der Waals surface area contributed by atoms with Gasteiger partial charge in [0.2, 0.25) is 5.88 Å². The number of nitrogens with zero attached hydrogens (tertiary/aromatic N) is 3. The number of hydrogen-bond donors (Lipinski definition) is 3. The van der Waals surface area contributed by atoms with E-state index in [9.17, 15) is 4.79 Å². The van der Waals surface area contributed by atoms with Gasteiger partial charge in [-0.25, -0.2) is 15.4 Å². The average molecular weight is 421 g/mol. The fourth-order valence-electron chi connectivity index (χ4n) is 2.71. The summed E-state index contributed by atoms with van der Waals surface area (Å²) in [7, 11) is 0. The highest BCUT2D eigenvalue weighted by Gasteiger charge is 2.20. The van der Waals surface area contributed by atoms with Gasteiger partial charge >= 0.3 is 0 Å². The topological polar surface area (TPSA) is 101 Å². The summed E-state index contributed by atoms with van der Waals surface area (Å²) >= 11 is 0. The van der Waals surface area contributed by atoms with E-state index in [0.29, 0.717) is 41.3 Å². The molecule has 8 nitrogen and oxygen atoms in total. The Morgan fingerprint density at radius 1 is 1.29 bits per heavy atom. The van der Waals surface area contributed by atoms with Crippen molar-refractivity contribution in [1.82, 2.24) is 26.1 Å².